The van der Waals surface area contributed by atoms with Gasteiger partial charge in [-0.05, 0) is 38.0 Å². The van der Waals surface area contributed by atoms with E-state index in [1.807, 2.05) is 5.01 Å². The number of rotatable bonds is 4. The van der Waals surface area contributed by atoms with Crippen molar-refractivity contribution in [3.63, 3.8) is 0 Å². The fourth-order valence-electron chi connectivity index (χ4n) is 3.55. The van der Waals surface area contributed by atoms with Crippen LogP contribution in [0.2, 0.25) is 0 Å². The monoisotopic (exact) mass is 320 g/mol. The minimum absolute atomic E-state index is 0.0103. The van der Waals surface area contributed by atoms with E-state index in [0.717, 1.165) is 5.56 Å². The first kappa shape index (κ1) is 15.9. The van der Waals surface area contributed by atoms with Gasteiger partial charge in [0.05, 0.1) is 24.6 Å². The van der Waals surface area contributed by atoms with Gasteiger partial charge in [-0.3, -0.25) is 14.6 Å². The van der Waals surface area contributed by atoms with Gasteiger partial charge in [0, 0.05) is 13.0 Å². The summed E-state index contributed by atoms with van der Waals surface area (Å²) in [7, 11) is 0. The third-order valence-electron chi connectivity index (χ3n) is 4.72. The molecule has 2 heterocycles. The lowest BCUT2D eigenvalue weighted by molar-refractivity contribution is -0.153. The summed E-state index contributed by atoms with van der Waals surface area (Å²) in [4.78, 5) is 24.3. The number of nitrogens with zero attached hydrogens (tertiary/aromatic N) is 2. The minimum Gasteiger partial charge on any atom is -0.466 e. The second kappa shape index (κ2) is 6.28. The number of hydrogen-bond donors (Lipinski definition) is 0. The van der Waals surface area contributed by atoms with E-state index in [4.69, 9.17) is 4.74 Å². The molecule has 0 bridgehead atoms. The smallest absolute Gasteiger partial charge is 0.310 e. The fourth-order valence-corrected chi connectivity index (χ4v) is 3.55. The Bertz CT molecular complexity index is 604. The summed E-state index contributed by atoms with van der Waals surface area (Å²) >= 11 is 0. The fraction of sp³-hybridized carbons (Fsp3) is 0.529. The third kappa shape index (κ3) is 2.83. The van der Waals surface area contributed by atoms with Gasteiger partial charge in [-0.25, -0.2) is 9.40 Å². The maximum Gasteiger partial charge on any atom is 0.310 e. The highest BCUT2D eigenvalue weighted by Gasteiger charge is 2.49. The first-order chi connectivity index (χ1) is 11.0. The van der Waals surface area contributed by atoms with E-state index in [1.54, 1.807) is 31.0 Å². The van der Waals surface area contributed by atoms with Crippen molar-refractivity contribution in [2.75, 3.05) is 13.2 Å². The summed E-state index contributed by atoms with van der Waals surface area (Å²) in [6, 6.07) is 6.14. The molecule has 23 heavy (non-hydrogen) atoms. The number of amides is 1. The molecule has 1 amide bonds. The van der Waals surface area contributed by atoms with Gasteiger partial charge in [0.1, 0.15) is 5.82 Å². The first-order valence-corrected chi connectivity index (χ1v) is 8.03. The highest BCUT2D eigenvalue weighted by Crippen LogP contribution is 2.42. The van der Waals surface area contributed by atoms with Crippen LogP contribution >= 0.6 is 0 Å². The molecule has 0 aromatic heterocycles. The number of carbonyl (C=O) groups excluding carboxylic acids is 2. The molecule has 3 rings (SSSR count). The molecule has 5 nitrogen and oxygen atoms in total. The van der Waals surface area contributed by atoms with Crippen LogP contribution in [0, 0.1) is 11.7 Å². The topological polar surface area (TPSA) is 49.9 Å². The number of hydrazine groups is 1. The van der Waals surface area contributed by atoms with Crippen LogP contribution in [0.4, 0.5) is 4.39 Å². The lowest BCUT2D eigenvalue weighted by Gasteiger charge is -2.29. The molecule has 1 aromatic carbocycles. The molecule has 0 radical (unpaired) electrons. The number of ether oxygens (including phenoxy) is 1. The second-order valence-electron chi connectivity index (χ2n) is 6.06. The highest BCUT2D eigenvalue weighted by molar-refractivity contribution is 5.80. The van der Waals surface area contributed by atoms with Gasteiger partial charge in [-0.15, -0.1) is 0 Å². The molecule has 6 heteroatoms. The van der Waals surface area contributed by atoms with E-state index >= 15 is 0 Å². The third-order valence-corrected chi connectivity index (χ3v) is 4.72. The highest BCUT2D eigenvalue weighted by atomic mass is 19.1. The Balaban J connectivity index is 1.86. The van der Waals surface area contributed by atoms with Crippen LogP contribution < -0.4 is 0 Å². The van der Waals surface area contributed by atoms with Crippen molar-refractivity contribution in [1.29, 1.82) is 0 Å². The zero-order valence-electron chi connectivity index (χ0n) is 13.4. The molecule has 2 saturated heterocycles. The van der Waals surface area contributed by atoms with E-state index in [0.29, 0.717) is 26.0 Å². The Labute approximate surface area is 135 Å². The van der Waals surface area contributed by atoms with Crippen LogP contribution in [0.3, 0.4) is 0 Å². The Morgan fingerprint density at radius 2 is 2.09 bits per heavy atom. The van der Waals surface area contributed by atoms with Gasteiger partial charge in [-0.2, -0.15) is 0 Å². The molecule has 1 aromatic rings. The molecule has 1 unspecified atom stereocenters. The molecule has 2 aliphatic heterocycles. The lowest BCUT2D eigenvalue weighted by atomic mass is 9.93. The lowest BCUT2D eigenvalue weighted by Crippen LogP contribution is -2.43. The van der Waals surface area contributed by atoms with Crippen LogP contribution in [-0.2, 0) is 14.3 Å². The van der Waals surface area contributed by atoms with E-state index in [-0.39, 0.29) is 35.7 Å². The Hall–Kier alpha value is -1.95. The molecule has 0 aliphatic carbocycles. The van der Waals surface area contributed by atoms with Gasteiger partial charge in [0.15, 0.2) is 0 Å². The number of benzene rings is 1. The molecule has 2 aliphatic rings. The Kier molecular flexibility index (Phi) is 4.35. The van der Waals surface area contributed by atoms with Crippen LogP contribution in [-0.4, -0.2) is 41.1 Å². The van der Waals surface area contributed by atoms with E-state index in [2.05, 4.69) is 0 Å². The van der Waals surface area contributed by atoms with Gasteiger partial charge in [0.2, 0.25) is 5.91 Å². The second-order valence-corrected chi connectivity index (χ2v) is 6.06. The quantitative estimate of drug-likeness (QED) is 0.799. The normalized spacial score (nSPS) is 25.5. The standard InChI is InChI=1S/C17H21FN2O3/c1-3-23-17(22)11(2)14-10-15(12-4-6-13(18)7-5-12)19-9-8-16(21)20(14)19/h4-7,11,14-15H,3,8-10H2,1-2H3/t11?,14-,15+/m1/s1. The van der Waals surface area contributed by atoms with E-state index in [9.17, 15) is 14.0 Å². The summed E-state index contributed by atoms with van der Waals surface area (Å²) < 4.78 is 18.3. The predicted octanol–water partition coefficient (Wildman–Crippen LogP) is 2.29. The van der Waals surface area contributed by atoms with Gasteiger partial charge < -0.3 is 4.74 Å². The van der Waals surface area contributed by atoms with Crippen molar-refractivity contribution in [3.8, 4) is 0 Å². The number of carbonyl (C=O) groups is 2. The number of esters is 1. The van der Waals surface area contributed by atoms with E-state index < -0.39 is 0 Å². The van der Waals surface area contributed by atoms with E-state index in [1.165, 1.54) is 12.1 Å². The van der Waals surface area contributed by atoms with Crippen molar-refractivity contribution < 1.29 is 18.7 Å². The van der Waals surface area contributed by atoms with Crippen LogP contribution in [0.25, 0.3) is 0 Å². The summed E-state index contributed by atoms with van der Waals surface area (Å²) in [6.07, 6.45) is 1.10. The van der Waals surface area contributed by atoms with Crippen molar-refractivity contribution in [2.45, 2.75) is 38.8 Å². The average Bonchev–Trinajstić information content (AvgIpc) is 3.09. The Morgan fingerprint density at radius 1 is 1.39 bits per heavy atom. The maximum absolute atomic E-state index is 13.2. The van der Waals surface area contributed by atoms with Crippen LogP contribution in [0.5, 0.6) is 0 Å². The van der Waals surface area contributed by atoms with Gasteiger partial charge >= 0.3 is 5.97 Å². The molecule has 0 saturated carbocycles. The van der Waals surface area contributed by atoms with Crippen LogP contribution in [0.1, 0.15) is 38.3 Å². The molecule has 124 valence electrons. The maximum atomic E-state index is 13.2. The number of halogens is 1. The number of fused-ring (bicyclic) bond motifs is 1. The molecule has 0 N–H and O–H groups in total. The van der Waals surface area contributed by atoms with Gasteiger partial charge in [0.25, 0.3) is 0 Å². The minimum atomic E-state index is -0.384. The summed E-state index contributed by atoms with van der Waals surface area (Å²) in [6.45, 7) is 4.54. The van der Waals surface area contributed by atoms with Crippen molar-refractivity contribution in [3.05, 3.63) is 35.6 Å². The summed E-state index contributed by atoms with van der Waals surface area (Å²) in [5.74, 6) is -0.907. The van der Waals surface area contributed by atoms with Crippen molar-refractivity contribution in [1.82, 2.24) is 10.0 Å². The van der Waals surface area contributed by atoms with Crippen molar-refractivity contribution in [2.24, 2.45) is 5.92 Å². The predicted molar refractivity (Wildman–Crippen MR) is 81.5 cm³/mol. The van der Waals surface area contributed by atoms with Crippen LogP contribution in [0.15, 0.2) is 24.3 Å². The molecule has 3 atom stereocenters. The molecule has 0 spiro atoms. The molecular formula is C17H21FN2O3. The first-order valence-electron chi connectivity index (χ1n) is 8.03. The number of hydrogen-bond acceptors (Lipinski definition) is 4. The molecular weight excluding hydrogens is 299 g/mol. The molecule has 2 fully saturated rings. The average molecular weight is 320 g/mol. The van der Waals surface area contributed by atoms with Gasteiger partial charge in [-0.1, -0.05) is 12.1 Å². The zero-order valence-corrected chi connectivity index (χ0v) is 13.4. The Morgan fingerprint density at radius 3 is 2.74 bits per heavy atom. The SMILES string of the molecule is CCOC(=O)C(C)[C@H]1C[C@@H](c2ccc(F)cc2)N2CCC(=O)N12. The largest absolute Gasteiger partial charge is 0.466 e. The zero-order chi connectivity index (χ0) is 16.6. The summed E-state index contributed by atoms with van der Waals surface area (Å²) in [5, 5.41) is 3.73. The van der Waals surface area contributed by atoms with Crippen molar-refractivity contribution >= 4 is 11.9 Å². The summed E-state index contributed by atoms with van der Waals surface area (Å²) in [5.41, 5.74) is 0.963.